The summed E-state index contributed by atoms with van der Waals surface area (Å²) in [5.41, 5.74) is 7.04. The molecule has 2 aromatic heterocycles. The molecule has 3 aromatic carbocycles. The van der Waals surface area contributed by atoms with Crippen LogP contribution in [0.2, 0.25) is 0 Å². The van der Waals surface area contributed by atoms with Gasteiger partial charge in [0.25, 0.3) is 0 Å². The van der Waals surface area contributed by atoms with Gasteiger partial charge in [-0.15, -0.1) is 0 Å². The van der Waals surface area contributed by atoms with Gasteiger partial charge in [-0.2, -0.15) is 9.78 Å². The van der Waals surface area contributed by atoms with Gasteiger partial charge in [0, 0.05) is 21.9 Å². The molecule has 0 saturated carbocycles. The normalized spacial score (nSPS) is 15.6. The number of hydrogen-bond donors (Lipinski definition) is 1. The Morgan fingerprint density at radius 2 is 1.69 bits per heavy atom. The van der Waals surface area contributed by atoms with E-state index >= 15 is 0 Å². The lowest BCUT2D eigenvalue weighted by molar-refractivity contribution is 0.810. The van der Waals surface area contributed by atoms with E-state index in [1.165, 1.54) is 0 Å². The summed E-state index contributed by atoms with van der Waals surface area (Å²) < 4.78 is 2.85. The number of hydrogen-bond acceptors (Lipinski definition) is 6. The first kappa shape index (κ1) is 23.5. The van der Waals surface area contributed by atoms with Crippen LogP contribution in [0.1, 0.15) is 28.4 Å². The number of nitrogens with zero attached hydrogens (tertiary/aromatic N) is 6. The Bertz CT molecular complexity index is 1790. The van der Waals surface area contributed by atoms with Crippen LogP contribution in [0.4, 0.5) is 22.9 Å². The second kappa shape index (κ2) is 9.32. The van der Waals surface area contributed by atoms with Crippen LogP contribution in [0.25, 0.3) is 5.82 Å². The number of rotatable bonds is 3. The highest BCUT2D eigenvalue weighted by Crippen LogP contribution is 2.48. The summed E-state index contributed by atoms with van der Waals surface area (Å²) in [6, 6.07) is 30.5. The standard InChI is InChI=1S/C31H24BrN7/c1-19-9-7-12-23(17-19)34-29-31-36-30-27(20(2)37-39(30)26-15-5-6-16-33-26)28(21-10-8-11-22(32)18-21)38(31)25-14-4-3-13-24(25)35-29/h3-18,28H,1-2H3,(H,34,35)/t28-/m1/s1. The molecule has 0 amide bonds. The third-order valence-corrected chi connectivity index (χ3v) is 7.44. The summed E-state index contributed by atoms with van der Waals surface area (Å²) >= 11 is 3.70. The van der Waals surface area contributed by atoms with Crippen molar-refractivity contribution in [1.29, 1.82) is 0 Å². The van der Waals surface area contributed by atoms with Gasteiger partial charge in [0.2, 0.25) is 0 Å². The van der Waals surface area contributed by atoms with Crippen molar-refractivity contribution in [3.8, 4) is 5.82 Å². The van der Waals surface area contributed by atoms with Crippen molar-refractivity contribution < 1.29 is 0 Å². The van der Waals surface area contributed by atoms with Crippen LogP contribution in [-0.4, -0.2) is 26.4 Å². The van der Waals surface area contributed by atoms with Gasteiger partial charge in [-0.05, 0) is 73.5 Å². The fraction of sp³-hybridized carbons (Fsp3) is 0.0968. The lowest BCUT2D eigenvalue weighted by Gasteiger charge is -2.40. The number of amidine groups is 2. The number of benzene rings is 3. The molecular formula is C31H24BrN7. The van der Waals surface area contributed by atoms with Crippen molar-refractivity contribution in [3.05, 3.63) is 124 Å². The Balaban J connectivity index is 1.51. The van der Waals surface area contributed by atoms with Crippen LogP contribution in [0.3, 0.4) is 0 Å². The summed E-state index contributed by atoms with van der Waals surface area (Å²) in [5.74, 6) is 2.87. The van der Waals surface area contributed by atoms with E-state index in [1.807, 2.05) is 66.2 Å². The zero-order chi connectivity index (χ0) is 26.5. The number of aryl methyl sites for hydroxylation is 2. The summed E-state index contributed by atoms with van der Waals surface area (Å²) in [7, 11) is 0. The fourth-order valence-electron chi connectivity index (χ4n) is 5.29. The van der Waals surface area contributed by atoms with Crippen molar-refractivity contribution in [3.63, 3.8) is 0 Å². The van der Waals surface area contributed by atoms with E-state index in [1.54, 1.807) is 6.20 Å². The van der Waals surface area contributed by atoms with E-state index in [4.69, 9.17) is 15.1 Å². The molecule has 1 N–H and O–H groups in total. The maximum absolute atomic E-state index is 5.26. The summed E-state index contributed by atoms with van der Waals surface area (Å²) in [6.07, 6.45) is 1.77. The average molecular weight is 574 g/mol. The topological polar surface area (TPSA) is 70.7 Å². The Morgan fingerprint density at radius 3 is 2.51 bits per heavy atom. The van der Waals surface area contributed by atoms with E-state index in [2.05, 4.69) is 74.5 Å². The minimum atomic E-state index is -0.187. The van der Waals surface area contributed by atoms with Gasteiger partial charge in [-0.3, -0.25) is 0 Å². The number of fused-ring (bicyclic) bond motifs is 4. The van der Waals surface area contributed by atoms with E-state index in [9.17, 15) is 0 Å². The van der Waals surface area contributed by atoms with Crippen LogP contribution in [0.15, 0.2) is 112 Å². The van der Waals surface area contributed by atoms with E-state index < -0.39 is 0 Å². The number of para-hydroxylation sites is 2. The highest BCUT2D eigenvalue weighted by Gasteiger charge is 2.41. The first-order valence-electron chi connectivity index (χ1n) is 12.7. The molecule has 0 saturated heterocycles. The number of aromatic nitrogens is 3. The Morgan fingerprint density at radius 1 is 0.846 bits per heavy atom. The number of anilines is 2. The molecule has 0 unspecified atom stereocenters. The third kappa shape index (κ3) is 4.04. The van der Waals surface area contributed by atoms with Gasteiger partial charge in [0.05, 0.1) is 23.1 Å². The summed E-state index contributed by atoms with van der Waals surface area (Å²) in [5, 5.41) is 8.51. The minimum absolute atomic E-state index is 0.187. The number of aliphatic imine (C=N–C) groups is 2. The van der Waals surface area contributed by atoms with E-state index in [0.29, 0.717) is 11.7 Å². The Labute approximate surface area is 234 Å². The smallest absolute Gasteiger partial charge is 0.179 e. The molecule has 0 spiro atoms. The highest BCUT2D eigenvalue weighted by molar-refractivity contribution is 9.10. The predicted octanol–water partition coefficient (Wildman–Crippen LogP) is 7.44. The molecule has 8 heteroatoms. The molecule has 2 aliphatic rings. The van der Waals surface area contributed by atoms with Gasteiger partial charge >= 0.3 is 0 Å². The highest BCUT2D eigenvalue weighted by atomic mass is 79.9. The summed E-state index contributed by atoms with van der Waals surface area (Å²) in [6.45, 7) is 4.12. The van der Waals surface area contributed by atoms with E-state index in [0.717, 1.165) is 55.6 Å². The molecule has 4 heterocycles. The molecule has 2 aliphatic heterocycles. The first-order valence-corrected chi connectivity index (χ1v) is 13.5. The maximum atomic E-state index is 5.26. The Kier molecular flexibility index (Phi) is 5.63. The molecule has 7 rings (SSSR count). The molecular weight excluding hydrogens is 550 g/mol. The van der Waals surface area contributed by atoms with Crippen molar-refractivity contribution in [2.75, 3.05) is 10.2 Å². The monoisotopic (exact) mass is 573 g/mol. The van der Waals surface area contributed by atoms with Gasteiger partial charge in [0.15, 0.2) is 23.3 Å². The van der Waals surface area contributed by atoms with Crippen LogP contribution in [0, 0.1) is 13.8 Å². The number of halogens is 1. The van der Waals surface area contributed by atoms with Crippen LogP contribution >= 0.6 is 15.9 Å². The molecule has 39 heavy (non-hydrogen) atoms. The van der Waals surface area contributed by atoms with Crippen LogP contribution in [0.5, 0.6) is 0 Å². The number of nitrogens with one attached hydrogen (secondary N) is 1. The fourth-order valence-corrected chi connectivity index (χ4v) is 5.71. The SMILES string of the molecule is Cc1cccc(NC2=Nc3ccccc3N3C2=Nc2c(c(C)nn2-c2ccccn2)[C@H]3c2cccc(Br)c2)c1. The third-order valence-electron chi connectivity index (χ3n) is 6.95. The predicted molar refractivity (Wildman–Crippen MR) is 160 cm³/mol. The van der Waals surface area contributed by atoms with Gasteiger partial charge < -0.3 is 10.2 Å². The zero-order valence-electron chi connectivity index (χ0n) is 21.4. The van der Waals surface area contributed by atoms with Gasteiger partial charge in [-0.1, -0.05) is 58.4 Å². The second-order valence-electron chi connectivity index (χ2n) is 9.63. The maximum Gasteiger partial charge on any atom is 0.179 e. The zero-order valence-corrected chi connectivity index (χ0v) is 23.0. The van der Waals surface area contributed by atoms with Crippen molar-refractivity contribution in [1.82, 2.24) is 14.8 Å². The molecule has 5 aromatic rings. The minimum Gasteiger partial charge on any atom is -0.337 e. The molecule has 190 valence electrons. The molecule has 0 radical (unpaired) electrons. The van der Waals surface area contributed by atoms with E-state index in [-0.39, 0.29) is 6.04 Å². The van der Waals surface area contributed by atoms with Gasteiger partial charge in [-0.25, -0.2) is 15.0 Å². The molecule has 0 aliphatic carbocycles. The first-order chi connectivity index (χ1) is 19.1. The molecule has 7 nitrogen and oxygen atoms in total. The average Bonchev–Trinajstić information content (AvgIpc) is 3.28. The van der Waals surface area contributed by atoms with Crippen molar-refractivity contribution in [2.45, 2.75) is 19.9 Å². The van der Waals surface area contributed by atoms with Gasteiger partial charge in [0.1, 0.15) is 0 Å². The van der Waals surface area contributed by atoms with Crippen LogP contribution < -0.4 is 10.2 Å². The molecule has 0 fully saturated rings. The quantitative estimate of drug-likeness (QED) is 0.243. The summed E-state index contributed by atoms with van der Waals surface area (Å²) in [4.78, 5) is 17.2. The lowest BCUT2D eigenvalue weighted by atomic mass is 9.93. The molecule has 1 atom stereocenters. The lowest BCUT2D eigenvalue weighted by Crippen LogP contribution is -2.46. The molecule has 0 bridgehead atoms. The van der Waals surface area contributed by atoms with Crippen molar-refractivity contribution in [2.24, 2.45) is 9.98 Å². The number of pyridine rings is 1. The Hall–Kier alpha value is -4.56. The van der Waals surface area contributed by atoms with Crippen LogP contribution in [-0.2, 0) is 0 Å². The second-order valence-corrected chi connectivity index (χ2v) is 10.5. The largest absolute Gasteiger partial charge is 0.337 e. The van der Waals surface area contributed by atoms with Crippen molar-refractivity contribution >= 4 is 50.5 Å².